The van der Waals surface area contributed by atoms with Gasteiger partial charge >= 0.3 is 0 Å². The average molecular weight is 456 g/mol. The maximum atomic E-state index is 13.7. The van der Waals surface area contributed by atoms with E-state index in [0.29, 0.717) is 26.2 Å². The fourth-order valence-electron chi connectivity index (χ4n) is 5.77. The molecule has 2 saturated heterocycles. The molecule has 2 fully saturated rings. The van der Waals surface area contributed by atoms with Crippen molar-refractivity contribution in [2.24, 2.45) is 11.3 Å². The smallest absolute Gasteiger partial charge is 0.236 e. The van der Waals surface area contributed by atoms with Crippen LogP contribution in [0.1, 0.15) is 57.4 Å². The number of fused-ring (bicyclic) bond motifs is 1. The van der Waals surface area contributed by atoms with Gasteiger partial charge in [0, 0.05) is 20.1 Å². The molecular formula is C27H41N3O3. The molecule has 0 aromatic heterocycles. The van der Waals surface area contributed by atoms with Crippen molar-refractivity contribution < 1.29 is 14.3 Å². The molecule has 0 radical (unpaired) electrons. The van der Waals surface area contributed by atoms with Gasteiger partial charge in [-0.2, -0.15) is 0 Å². The number of carbonyl (C=O) groups excluding carboxylic acids is 2. The Hall–Kier alpha value is -2.08. The van der Waals surface area contributed by atoms with Gasteiger partial charge < -0.3 is 14.5 Å². The number of ether oxygens (including phenoxy) is 1. The van der Waals surface area contributed by atoms with E-state index in [2.05, 4.69) is 24.0 Å². The number of benzene rings is 1. The second kappa shape index (κ2) is 10.9. The molecule has 182 valence electrons. The van der Waals surface area contributed by atoms with E-state index in [1.807, 2.05) is 29.0 Å². The highest BCUT2D eigenvalue weighted by molar-refractivity contribution is 5.85. The van der Waals surface area contributed by atoms with Gasteiger partial charge in [0.25, 0.3) is 0 Å². The molecule has 0 saturated carbocycles. The van der Waals surface area contributed by atoms with Crippen LogP contribution in [0.15, 0.2) is 24.3 Å². The number of para-hydroxylation sites is 1. The lowest BCUT2D eigenvalue weighted by Gasteiger charge is -2.44. The van der Waals surface area contributed by atoms with Crippen LogP contribution in [0.5, 0.6) is 5.75 Å². The van der Waals surface area contributed by atoms with Gasteiger partial charge in [0.05, 0.1) is 18.5 Å². The van der Waals surface area contributed by atoms with E-state index in [9.17, 15) is 9.59 Å². The molecule has 2 amide bonds. The summed E-state index contributed by atoms with van der Waals surface area (Å²) in [6.07, 6.45) is 7.95. The predicted molar refractivity (Wildman–Crippen MR) is 130 cm³/mol. The first-order chi connectivity index (χ1) is 16.0. The van der Waals surface area contributed by atoms with Crippen molar-refractivity contribution in [3.63, 3.8) is 0 Å². The summed E-state index contributed by atoms with van der Waals surface area (Å²) in [7, 11) is 1.89. The number of rotatable bonds is 2. The van der Waals surface area contributed by atoms with Gasteiger partial charge in [0.15, 0.2) is 0 Å². The molecule has 0 aliphatic carbocycles. The lowest BCUT2D eigenvalue weighted by Crippen LogP contribution is -2.55. The van der Waals surface area contributed by atoms with Crippen LogP contribution < -0.4 is 4.74 Å². The number of hydrogen-bond acceptors (Lipinski definition) is 4. The van der Waals surface area contributed by atoms with Crippen molar-refractivity contribution in [3.05, 3.63) is 29.8 Å². The van der Waals surface area contributed by atoms with Crippen LogP contribution in [0.2, 0.25) is 0 Å². The van der Waals surface area contributed by atoms with E-state index < -0.39 is 5.41 Å². The van der Waals surface area contributed by atoms with Crippen LogP contribution in [-0.4, -0.2) is 79.4 Å². The average Bonchev–Trinajstić information content (AvgIpc) is 2.83. The third-order valence-corrected chi connectivity index (χ3v) is 7.97. The molecule has 4 rings (SSSR count). The Morgan fingerprint density at radius 3 is 2.64 bits per heavy atom. The first-order valence-electron chi connectivity index (χ1n) is 12.9. The summed E-state index contributed by atoms with van der Waals surface area (Å²) in [5.74, 6) is 2.08. The molecule has 1 unspecified atom stereocenters. The van der Waals surface area contributed by atoms with Crippen molar-refractivity contribution in [2.45, 2.75) is 58.3 Å². The van der Waals surface area contributed by atoms with Gasteiger partial charge in [0.2, 0.25) is 11.8 Å². The van der Waals surface area contributed by atoms with Crippen LogP contribution in [0.25, 0.3) is 0 Å². The second-order valence-electron chi connectivity index (χ2n) is 10.5. The molecule has 3 aliphatic heterocycles. The van der Waals surface area contributed by atoms with Crippen molar-refractivity contribution in [3.8, 4) is 5.75 Å². The molecule has 0 N–H and O–H groups in total. The van der Waals surface area contributed by atoms with Gasteiger partial charge in [-0.1, -0.05) is 31.5 Å². The molecule has 3 aliphatic rings. The Morgan fingerprint density at radius 1 is 1.06 bits per heavy atom. The fraction of sp³-hybridized carbons (Fsp3) is 0.704. The van der Waals surface area contributed by atoms with Crippen molar-refractivity contribution in [2.75, 3.05) is 52.9 Å². The summed E-state index contributed by atoms with van der Waals surface area (Å²) in [6, 6.07) is 8.25. The van der Waals surface area contributed by atoms with E-state index in [4.69, 9.17) is 4.74 Å². The molecule has 1 aromatic carbocycles. The Bertz CT molecular complexity index is 821. The third kappa shape index (κ3) is 5.89. The maximum absolute atomic E-state index is 13.7. The summed E-state index contributed by atoms with van der Waals surface area (Å²) in [6.45, 7) is 7.21. The zero-order chi connectivity index (χ0) is 23.3. The third-order valence-electron chi connectivity index (χ3n) is 7.97. The summed E-state index contributed by atoms with van der Waals surface area (Å²) in [5.41, 5.74) is 0.787. The second-order valence-corrected chi connectivity index (χ2v) is 10.5. The lowest BCUT2D eigenvalue weighted by molar-refractivity contribution is -0.149. The molecule has 1 spiro atoms. The van der Waals surface area contributed by atoms with Gasteiger partial charge in [0.1, 0.15) is 12.4 Å². The highest BCUT2D eigenvalue weighted by atomic mass is 16.5. The standard InChI is InChI=1S/C27H41N3O3/c1-22-11-16-29(17-12-22)20-25(31)30-15-7-14-27(21-30)13-6-5-9-23-8-3-4-10-24(23)33-19-18-28(2)26(27)32/h3-4,8,10,22H,5-7,9,11-21H2,1-2H3. The molecule has 6 heteroatoms. The predicted octanol–water partition coefficient (Wildman–Crippen LogP) is 3.59. The minimum Gasteiger partial charge on any atom is -0.491 e. The molecule has 1 aromatic rings. The summed E-state index contributed by atoms with van der Waals surface area (Å²) < 4.78 is 6.04. The maximum Gasteiger partial charge on any atom is 0.236 e. The van der Waals surface area contributed by atoms with Gasteiger partial charge in [-0.25, -0.2) is 0 Å². The molecular weight excluding hydrogens is 414 g/mol. The molecule has 33 heavy (non-hydrogen) atoms. The van der Waals surface area contributed by atoms with E-state index in [0.717, 1.165) is 69.8 Å². The summed E-state index contributed by atoms with van der Waals surface area (Å²) in [4.78, 5) is 33.0. The SMILES string of the molecule is CC1CCN(CC(=O)N2CCCC3(CCCCc4ccccc4OCCN(C)C3=O)C2)CC1. The zero-order valence-electron chi connectivity index (χ0n) is 20.6. The van der Waals surface area contributed by atoms with Gasteiger partial charge in [-0.05, 0) is 75.6 Å². The van der Waals surface area contributed by atoms with Crippen molar-refractivity contribution in [1.29, 1.82) is 0 Å². The molecule has 1 atom stereocenters. The minimum absolute atomic E-state index is 0.184. The van der Waals surface area contributed by atoms with Crippen LogP contribution in [-0.2, 0) is 16.0 Å². The zero-order valence-corrected chi connectivity index (χ0v) is 20.6. The molecule has 0 bridgehead atoms. The highest BCUT2D eigenvalue weighted by Crippen LogP contribution is 2.38. The van der Waals surface area contributed by atoms with Crippen molar-refractivity contribution >= 4 is 11.8 Å². The van der Waals surface area contributed by atoms with Crippen LogP contribution in [0, 0.1) is 11.3 Å². The Morgan fingerprint density at radius 2 is 1.82 bits per heavy atom. The largest absolute Gasteiger partial charge is 0.491 e. The first-order valence-corrected chi connectivity index (χ1v) is 12.9. The summed E-state index contributed by atoms with van der Waals surface area (Å²) in [5, 5.41) is 0. The number of likely N-dealkylation sites (tertiary alicyclic amines) is 2. The first kappa shape index (κ1) is 24.1. The minimum atomic E-state index is -0.461. The number of amides is 2. The van der Waals surface area contributed by atoms with E-state index in [-0.39, 0.29) is 11.8 Å². The van der Waals surface area contributed by atoms with Crippen LogP contribution >= 0.6 is 0 Å². The number of aryl methyl sites for hydroxylation is 1. The monoisotopic (exact) mass is 455 g/mol. The Labute approximate surface area is 199 Å². The topological polar surface area (TPSA) is 53.1 Å². The number of nitrogens with zero attached hydrogens (tertiary/aromatic N) is 3. The Balaban J connectivity index is 1.44. The van der Waals surface area contributed by atoms with Crippen LogP contribution in [0.3, 0.4) is 0 Å². The van der Waals surface area contributed by atoms with Crippen LogP contribution in [0.4, 0.5) is 0 Å². The van der Waals surface area contributed by atoms with Crippen molar-refractivity contribution in [1.82, 2.24) is 14.7 Å². The van der Waals surface area contributed by atoms with E-state index in [1.165, 1.54) is 18.4 Å². The molecule has 3 heterocycles. The highest BCUT2D eigenvalue weighted by Gasteiger charge is 2.44. The lowest BCUT2D eigenvalue weighted by atomic mass is 9.74. The normalized spacial score (nSPS) is 26.3. The van der Waals surface area contributed by atoms with Gasteiger partial charge in [-0.3, -0.25) is 14.5 Å². The Kier molecular flexibility index (Phi) is 7.94. The van der Waals surface area contributed by atoms with Gasteiger partial charge in [-0.15, -0.1) is 0 Å². The number of carbonyl (C=O) groups is 2. The summed E-state index contributed by atoms with van der Waals surface area (Å²) >= 11 is 0. The number of likely N-dealkylation sites (N-methyl/N-ethyl adjacent to an activating group) is 1. The fourth-order valence-corrected chi connectivity index (χ4v) is 5.77. The number of piperidine rings is 2. The quantitative estimate of drug-likeness (QED) is 0.684. The van der Waals surface area contributed by atoms with E-state index >= 15 is 0 Å². The molecule has 6 nitrogen and oxygen atoms in total. The van der Waals surface area contributed by atoms with E-state index in [1.54, 1.807) is 0 Å². The number of hydrogen-bond donors (Lipinski definition) is 0.